The summed E-state index contributed by atoms with van der Waals surface area (Å²) < 4.78 is 15.4. The molecule has 1 rings (SSSR count). The minimum Gasteiger partial charge on any atom is -0.495 e. The molecule has 0 aliphatic heterocycles. The molecule has 0 aliphatic carbocycles. The fourth-order valence-corrected chi connectivity index (χ4v) is 1.22. The topological polar surface area (TPSA) is 27.7 Å². The number of methoxy groups -OCH3 is 2. The molecule has 1 aromatic rings. The van der Waals surface area contributed by atoms with Crippen LogP contribution < -0.4 is 9.47 Å². The average molecular weight is 214 g/mol. The Morgan fingerprint density at radius 2 is 2.00 bits per heavy atom. The molecular formula is C10H14O3S. The van der Waals surface area contributed by atoms with Crippen LogP contribution in [0.2, 0.25) is 0 Å². The van der Waals surface area contributed by atoms with Gasteiger partial charge in [0.2, 0.25) is 0 Å². The normalized spacial score (nSPS) is 9.93. The molecule has 0 aromatic heterocycles. The number of ether oxygens (including phenoxy) is 3. The largest absolute Gasteiger partial charge is 0.495 e. The van der Waals surface area contributed by atoms with E-state index in [4.69, 9.17) is 14.2 Å². The van der Waals surface area contributed by atoms with E-state index in [-0.39, 0.29) is 0 Å². The molecule has 0 radical (unpaired) electrons. The molecule has 0 N–H and O–H groups in total. The second-order valence-electron chi connectivity index (χ2n) is 2.67. The van der Waals surface area contributed by atoms with E-state index in [2.05, 4.69) is 12.6 Å². The van der Waals surface area contributed by atoms with Crippen LogP contribution in [0.1, 0.15) is 0 Å². The highest BCUT2D eigenvalue weighted by molar-refractivity contribution is 7.80. The van der Waals surface area contributed by atoms with Crippen LogP contribution in [0.5, 0.6) is 11.5 Å². The van der Waals surface area contributed by atoms with Crippen molar-refractivity contribution in [2.24, 2.45) is 0 Å². The van der Waals surface area contributed by atoms with Crippen LogP contribution in [-0.2, 0) is 4.74 Å². The summed E-state index contributed by atoms with van der Waals surface area (Å²) in [6.45, 7) is 1.11. The Kier molecular flexibility index (Phi) is 4.62. The van der Waals surface area contributed by atoms with Gasteiger partial charge in [-0.05, 0) is 12.1 Å². The molecule has 0 aliphatic rings. The van der Waals surface area contributed by atoms with E-state index in [0.29, 0.717) is 19.0 Å². The Labute approximate surface area is 89.4 Å². The summed E-state index contributed by atoms with van der Waals surface area (Å²) in [5.41, 5.74) is 0. The maximum atomic E-state index is 5.40. The molecule has 3 nitrogen and oxygen atoms in total. The van der Waals surface area contributed by atoms with Crippen LogP contribution in [-0.4, -0.2) is 27.4 Å². The van der Waals surface area contributed by atoms with Crippen molar-refractivity contribution in [2.75, 3.05) is 27.4 Å². The SMILES string of the molecule is COCCOc1ccc(S)c(OC)c1. The molecular weight excluding hydrogens is 200 g/mol. The Morgan fingerprint density at radius 1 is 1.21 bits per heavy atom. The summed E-state index contributed by atoms with van der Waals surface area (Å²) in [6.07, 6.45) is 0. The van der Waals surface area contributed by atoms with Gasteiger partial charge < -0.3 is 14.2 Å². The standard InChI is InChI=1S/C10H14O3S/c1-11-5-6-13-8-3-4-10(14)9(7-8)12-2/h3-4,7,14H,5-6H2,1-2H3. The van der Waals surface area contributed by atoms with E-state index in [1.807, 2.05) is 12.1 Å². The van der Waals surface area contributed by atoms with Crippen LogP contribution >= 0.6 is 12.6 Å². The van der Waals surface area contributed by atoms with Crippen molar-refractivity contribution in [2.45, 2.75) is 4.90 Å². The van der Waals surface area contributed by atoms with Crippen molar-refractivity contribution in [3.63, 3.8) is 0 Å². The summed E-state index contributed by atoms with van der Waals surface area (Å²) in [7, 11) is 3.24. The molecule has 0 saturated heterocycles. The zero-order chi connectivity index (χ0) is 10.4. The highest BCUT2D eigenvalue weighted by Gasteiger charge is 2.01. The third-order valence-electron chi connectivity index (χ3n) is 1.71. The number of hydrogen-bond donors (Lipinski definition) is 1. The van der Waals surface area contributed by atoms with Gasteiger partial charge >= 0.3 is 0 Å². The molecule has 0 spiro atoms. The molecule has 0 unspecified atom stereocenters. The van der Waals surface area contributed by atoms with Crippen molar-refractivity contribution in [3.8, 4) is 11.5 Å². The summed E-state index contributed by atoms with van der Waals surface area (Å²) in [5, 5.41) is 0. The average Bonchev–Trinajstić information content (AvgIpc) is 2.21. The van der Waals surface area contributed by atoms with Crippen LogP contribution in [0.3, 0.4) is 0 Å². The maximum Gasteiger partial charge on any atom is 0.135 e. The molecule has 4 heteroatoms. The Balaban J connectivity index is 2.60. The van der Waals surface area contributed by atoms with E-state index in [1.54, 1.807) is 20.3 Å². The lowest BCUT2D eigenvalue weighted by atomic mass is 10.3. The van der Waals surface area contributed by atoms with Gasteiger partial charge in [0.05, 0.1) is 13.7 Å². The van der Waals surface area contributed by atoms with E-state index in [1.165, 1.54) is 0 Å². The number of thiol groups is 1. The van der Waals surface area contributed by atoms with Crippen molar-refractivity contribution < 1.29 is 14.2 Å². The first-order valence-corrected chi connectivity index (χ1v) is 4.71. The summed E-state index contributed by atoms with van der Waals surface area (Å²) in [6, 6.07) is 5.49. The highest BCUT2D eigenvalue weighted by atomic mass is 32.1. The first-order valence-electron chi connectivity index (χ1n) is 4.26. The maximum absolute atomic E-state index is 5.40. The molecule has 78 valence electrons. The van der Waals surface area contributed by atoms with E-state index >= 15 is 0 Å². The predicted molar refractivity (Wildman–Crippen MR) is 57.6 cm³/mol. The number of rotatable bonds is 5. The van der Waals surface area contributed by atoms with Gasteiger partial charge in [0.1, 0.15) is 18.1 Å². The van der Waals surface area contributed by atoms with E-state index < -0.39 is 0 Å². The quantitative estimate of drug-likeness (QED) is 0.600. The third-order valence-corrected chi connectivity index (χ3v) is 2.08. The van der Waals surface area contributed by atoms with Gasteiger partial charge in [-0.2, -0.15) is 0 Å². The third kappa shape index (κ3) is 3.12. The minimum atomic E-state index is 0.533. The smallest absolute Gasteiger partial charge is 0.135 e. The highest BCUT2D eigenvalue weighted by Crippen LogP contribution is 2.27. The molecule has 1 aromatic carbocycles. The van der Waals surface area contributed by atoms with Crippen LogP contribution in [0.15, 0.2) is 23.1 Å². The number of benzene rings is 1. The van der Waals surface area contributed by atoms with E-state index in [9.17, 15) is 0 Å². The molecule has 0 saturated carbocycles. The van der Waals surface area contributed by atoms with E-state index in [0.717, 1.165) is 10.6 Å². The van der Waals surface area contributed by atoms with Crippen LogP contribution in [0.4, 0.5) is 0 Å². The minimum absolute atomic E-state index is 0.533. The number of hydrogen-bond acceptors (Lipinski definition) is 4. The Bertz CT molecular complexity index is 289. The predicted octanol–water partition coefficient (Wildman–Crippen LogP) is 2.01. The van der Waals surface area contributed by atoms with Crippen LogP contribution in [0, 0.1) is 0 Å². The first-order chi connectivity index (χ1) is 6.77. The molecule has 0 atom stereocenters. The first kappa shape index (κ1) is 11.2. The molecule has 0 heterocycles. The lowest BCUT2D eigenvalue weighted by molar-refractivity contribution is 0.146. The van der Waals surface area contributed by atoms with Crippen molar-refractivity contribution in [1.29, 1.82) is 0 Å². The fourth-order valence-electron chi connectivity index (χ4n) is 0.991. The molecule has 0 bridgehead atoms. The molecule has 14 heavy (non-hydrogen) atoms. The van der Waals surface area contributed by atoms with Crippen LogP contribution in [0.25, 0.3) is 0 Å². The van der Waals surface area contributed by atoms with Gasteiger partial charge in [-0.3, -0.25) is 0 Å². The monoisotopic (exact) mass is 214 g/mol. The summed E-state index contributed by atoms with van der Waals surface area (Å²) in [5.74, 6) is 1.47. The lowest BCUT2D eigenvalue weighted by Crippen LogP contribution is -2.04. The van der Waals surface area contributed by atoms with Gasteiger partial charge in [-0.1, -0.05) is 0 Å². The van der Waals surface area contributed by atoms with Gasteiger partial charge in [0.25, 0.3) is 0 Å². The second-order valence-corrected chi connectivity index (χ2v) is 3.16. The van der Waals surface area contributed by atoms with Gasteiger partial charge in [-0.25, -0.2) is 0 Å². The van der Waals surface area contributed by atoms with Gasteiger partial charge in [0.15, 0.2) is 0 Å². The van der Waals surface area contributed by atoms with Crippen molar-refractivity contribution >= 4 is 12.6 Å². The molecule has 0 fully saturated rings. The Hall–Kier alpha value is -0.870. The van der Waals surface area contributed by atoms with Crippen molar-refractivity contribution in [1.82, 2.24) is 0 Å². The summed E-state index contributed by atoms with van der Waals surface area (Å²) in [4.78, 5) is 0.798. The van der Waals surface area contributed by atoms with Crippen molar-refractivity contribution in [3.05, 3.63) is 18.2 Å². The van der Waals surface area contributed by atoms with Gasteiger partial charge in [-0.15, -0.1) is 12.6 Å². The van der Waals surface area contributed by atoms with Gasteiger partial charge in [0, 0.05) is 18.1 Å². The summed E-state index contributed by atoms with van der Waals surface area (Å²) >= 11 is 4.23. The lowest BCUT2D eigenvalue weighted by Gasteiger charge is -2.08. The fraction of sp³-hybridized carbons (Fsp3) is 0.400. The second kappa shape index (κ2) is 5.78. The zero-order valence-corrected chi connectivity index (χ0v) is 9.21. The Morgan fingerprint density at radius 3 is 2.64 bits per heavy atom. The zero-order valence-electron chi connectivity index (χ0n) is 8.32. The molecule has 0 amide bonds.